The standard InChI is InChI=1S/C14H13FN2O3S/c15-13-4-2-1-3-11(13)9-17-21(19,20)12-7-5-10(6-8-12)14(16)18/h1-8,17H,9H2,(H2,16,18). The quantitative estimate of drug-likeness (QED) is 0.875. The Bertz CT molecular complexity index is 758. The van der Waals surface area contributed by atoms with Crippen LogP contribution in [0.1, 0.15) is 15.9 Å². The highest BCUT2D eigenvalue weighted by atomic mass is 32.2. The van der Waals surface area contributed by atoms with Crippen molar-refractivity contribution in [3.8, 4) is 0 Å². The topological polar surface area (TPSA) is 89.3 Å². The fraction of sp³-hybridized carbons (Fsp3) is 0.0714. The number of primary amides is 1. The maximum atomic E-state index is 13.4. The van der Waals surface area contributed by atoms with Crippen LogP contribution in [0, 0.1) is 5.82 Å². The van der Waals surface area contributed by atoms with E-state index < -0.39 is 21.7 Å². The molecule has 0 spiro atoms. The Kier molecular flexibility index (Phi) is 4.35. The molecule has 0 unspecified atom stereocenters. The second-order valence-electron chi connectivity index (χ2n) is 4.30. The zero-order valence-electron chi connectivity index (χ0n) is 10.9. The lowest BCUT2D eigenvalue weighted by molar-refractivity contribution is 0.1000. The van der Waals surface area contributed by atoms with Crippen LogP contribution in [0.3, 0.4) is 0 Å². The van der Waals surface area contributed by atoms with Crippen LogP contribution in [0.15, 0.2) is 53.4 Å². The SMILES string of the molecule is NC(=O)c1ccc(S(=O)(=O)NCc2ccccc2F)cc1. The molecular weight excluding hydrogens is 295 g/mol. The van der Waals surface area contributed by atoms with Crippen molar-refractivity contribution in [3.63, 3.8) is 0 Å². The molecule has 0 aromatic heterocycles. The van der Waals surface area contributed by atoms with E-state index in [9.17, 15) is 17.6 Å². The van der Waals surface area contributed by atoms with Crippen molar-refractivity contribution in [2.24, 2.45) is 5.73 Å². The predicted octanol–water partition coefficient (Wildman–Crippen LogP) is 1.40. The van der Waals surface area contributed by atoms with E-state index in [0.29, 0.717) is 0 Å². The monoisotopic (exact) mass is 308 g/mol. The van der Waals surface area contributed by atoms with Crippen LogP contribution in [0.4, 0.5) is 4.39 Å². The fourth-order valence-electron chi connectivity index (χ4n) is 1.70. The molecule has 5 nitrogen and oxygen atoms in total. The lowest BCUT2D eigenvalue weighted by Gasteiger charge is -2.08. The normalized spacial score (nSPS) is 11.3. The molecule has 0 aliphatic carbocycles. The van der Waals surface area contributed by atoms with Gasteiger partial charge in [-0.3, -0.25) is 4.79 Å². The average Bonchev–Trinajstić information content (AvgIpc) is 2.46. The van der Waals surface area contributed by atoms with E-state index in [2.05, 4.69) is 4.72 Å². The summed E-state index contributed by atoms with van der Waals surface area (Å²) in [5.74, 6) is -1.12. The highest BCUT2D eigenvalue weighted by molar-refractivity contribution is 7.89. The van der Waals surface area contributed by atoms with Gasteiger partial charge in [0.25, 0.3) is 0 Å². The number of hydrogen-bond acceptors (Lipinski definition) is 3. The third-order valence-electron chi connectivity index (χ3n) is 2.86. The predicted molar refractivity (Wildman–Crippen MR) is 75.4 cm³/mol. The first-order chi connectivity index (χ1) is 9.90. The molecule has 110 valence electrons. The number of nitrogens with one attached hydrogen (secondary N) is 1. The van der Waals surface area contributed by atoms with Gasteiger partial charge in [-0.25, -0.2) is 17.5 Å². The van der Waals surface area contributed by atoms with Gasteiger partial charge in [0.15, 0.2) is 0 Å². The number of nitrogens with two attached hydrogens (primary N) is 1. The number of benzene rings is 2. The summed E-state index contributed by atoms with van der Waals surface area (Å²) < 4.78 is 39.8. The summed E-state index contributed by atoms with van der Waals surface area (Å²) in [6.07, 6.45) is 0. The number of carbonyl (C=O) groups excluding carboxylic acids is 1. The van der Waals surface area contributed by atoms with Gasteiger partial charge < -0.3 is 5.73 Å². The fourth-order valence-corrected chi connectivity index (χ4v) is 2.70. The van der Waals surface area contributed by atoms with Gasteiger partial charge in [-0.05, 0) is 30.3 Å². The van der Waals surface area contributed by atoms with Crippen molar-refractivity contribution < 1.29 is 17.6 Å². The van der Waals surface area contributed by atoms with E-state index >= 15 is 0 Å². The molecule has 7 heteroatoms. The van der Waals surface area contributed by atoms with E-state index in [0.717, 1.165) is 0 Å². The Balaban J connectivity index is 2.15. The number of sulfonamides is 1. The highest BCUT2D eigenvalue weighted by Gasteiger charge is 2.15. The van der Waals surface area contributed by atoms with Gasteiger partial charge in [-0.2, -0.15) is 0 Å². The van der Waals surface area contributed by atoms with Crippen LogP contribution in [-0.4, -0.2) is 14.3 Å². The minimum absolute atomic E-state index is 0.0242. The summed E-state index contributed by atoms with van der Waals surface area (Å²) in [6, 6.07) is 11.1. The molecular formula is C14H13FN2O3S. The van der Waals surface area contributed by atoms with E-state index in [1.54, 1.807) is 6.07 Å². The molecule has 2 aromatic carbocycles. The van der Waals surface area contributed by atoms with Gasteiger partial charge in [0.1, 0.15) is 5.82 Å². The second-order valence-corrected chi connectivity index (χ2v) is 6.07. The molecule has 21 heavy (non-hydrogen) atoms. The number of rotatable bonds is 5. The molecule has 1 amide bonds. The molecule has 0 radical (unpaired) electrons. The van der Waals surface area contributed by atoms with Crippen LogP contribution in [0.5, 0.6) is 0 Å². The maximum absolute atomic E-state index is 13.4. The zero-order chi connectivity index (χ0) is 15.5. The van der Waals surface area contributed by atoms with Crippen LogP contribution >= 0.6 is 0 Å². The van der Waals surface area contributed by atoms with Crippen molar-refractivity contribution in [2.45, 2.75) is 11.4 Å². The van der Waals surface area contributed by atoms with E-state index in [4.69, 9.17) is 5.73 Å². The molecule has 0 fully saturated rings. The molecule has 2 aromatic rings. The first kappa shape index (κ1) is 15.1. The minimum atomic E-state index is -3.79. The minimum Gasteiger partial charge on any atom is -0.366 e. The summed E-state index contributed by atoms with van der Waals surface area (Å²) in [7, 11) is -3.79. The van der Waals surface area contributed by atoms with E-state index in [1.165, 1.54) is 42.5 Å². The summed E-state index contributed by atoms with van der Waals surface area (Å²) in [6.45, 7) is -0.160. The Morgan fingerprint density at radius 3 is 2.29 bits per heavy atom. The first-order valence-corrected chi connectivity index (χ1v) is 7.51. The number of carbonyl (C=O) groups is 1. The summed E-state index contributed by atoms with van der Waals surface area (Å²) >= 11 is 0. The highest BCUT2D eigenvalue weighted by Crippen LogP contribution is 2.12. The van der Waals surface area contributed by atoms with E-state index in [-0.39, 0.29) is 22.6 Å². The largest absolute Gasteiger partial charge is 0.366 e. The molecule has 0 saturated heterocycles. The summed E-state index contributed by atoms with van der Waals surface area (Å²) in [4.78, 5) is 10.9. The Labute approximate surface area is 121 Å². The first-order valence-electron chi connectivity index (χ1n) is 6.03. The van der Waals surface area contributed by atoms with Crippen molar-refractivity contribution in [3.05, 3.63) is 65.5 Å². The molecule has 3 N–H and O–H groups in total. The Hall–Kier alpha value is -2.25. The van der Waals surface area contributed by atoms with Gasteiger partial charge in [-0.15, -0.1) is 0 Å². The Morgan fingerprint density at radius 2 is 1.71 bits per heavy atom. The third kappa shape index (κ3) is 3.65. The lowest BCUT2D eigenvalue weighted by Crippen LogP contribution is -2.24. The number of halogens is 1. The number of amides is 1. The van der Waals surface area contributed by atoms with Gasteiger partial charge in [-0.1, -0.05) is 18.2 Å². The molecule has 0 heterocycles. The van der Waals surface area contributed by atoms with Crippen LogP contribution in [0.2, 0.25) is 0 Å². The summed E-state index contributed by atoms with van der Waals surface area (Å²) in [5.41, 5.74) is 5.53. The molecule has 0 aliphatic heterocycles. The van der Waals surface area contributed by atoms with Gasteiger partial charge in [0, 0.05) is 17.7 Å². The van der Waals surface area contributed by atoms with Crippen molar-refractivity contribution in [1.82, 2.24) is 4.72 Å². The molecule has 0 bridgehead atoms. The molecule has 2 rings (SSSR count). The van der Waals surface area contributed by atoms with Crippen molar-refractivity contribution in [2.75, 3.05) is 0 Å². The molecule has 0 atom stereocenters. The van der Waals surface area contributed by atoms with Crippen LogP contribution in [0.25, 0.3) is 0 Å². The smallest absolute Gasteiger partial charge is 0.248 e. The van der Waals surface area contributed by atoms with Crippen molar-refractivity contribution >= 4 is 15.9 Å². The van der Waals surface area contributed by atoms with Gasteiger partial charge >= 0.3 is 0 Å². The van der Waals surface area contributed by atoms with Gasteiger partial charge in [0.2, 0.25) is 15.9 Å². The summed E-state index contributed by atoms with van der Waals surface area (Å²) in [5, 5.41) is 0. The van der Waals surface area contributed by atoms with E-state index in [1.807, 2.05) is 0 Å². The number of hydrogen-bond donors (Lipinski definition) is 2. The molecule has 0 saturated carbocycles. The molecule has 0 aliphatic rings. The van der Waals surface area contributed by atoms with Crippen LogP contribution < -0.4 is 10.5 Å². The second kappa shape index (κ2) is 6.02. The van der Waals surface area contributed by atoms with Crippen LogP contribution in [-0.2, 0) is 16.6 Å². The van der Waals surface area contributed by atoms with Gasteiger partial charge in [0.05, 0.1) is 4.90 Å². The maximum Gasteiger partial charge on any atom is 0.248 e. The lowest BCUT2D eigenvalue weighted by atomic mass is 10.2. The Morgan fingerprint density at radius 1 is 1.10 bits per heavy atom. The van der Waals surface area contributed by atoms with Crippen molar-refractivity contribution in [1.29, 1.82) is 0 Å². The average molecular weight is 308 g/mol. The zero-order valence-corrected chi connectivity index (χ0v) is 11.7. The third-order valence-corrected chi connectivity index (χ3v) is 4.28.